The Kier molecular flexibility index (Phi) is 3.70. The fraction of sp³-hybridized carbons (Fsp3) is 0.400. The van der Waals surface area contributed by atoms with Crippen molar-refractivity contribution in [3.8, 4) is 0 Å². The summed E-state index contributed by atoms with van der Waals surface area (Å²) in [4.78, 5) is 17.4. The molecule has 0 radical (unpaired) electrons. The summed E-state index contributed by atoms with van der Waals surface area (Å²) in [6.45, 7) is 1.56. The van der Waals surface area contributed by atoms with Gasteiger partial charge in [0, 0.05) is 25.9 Å². The van der Waals surface area contributed by atoms with Crippen molar-refractivity contribution in [2.75, 3.05) is 24.6 Å². The number of nitro groups is 1. The molecular weight excluding hydrogens is 270 g/mol. The first kappa shape index (κ1) is 13.8. The molecule has 6 nitrogen and oxygen atoms in total. The van der Waals surface area contributed by atoms with Gasteiger partial charge in [0.2, 0.25) is 0 Å². The molecule has 1 fully saturated rings. The Morgan fingerprint density at radius 3 is 3.05 bits per heavy atom. The zero-order valence-electron chi connectivity index (χ0n) is 11.6. The maximum absolute atomic E-state index is 11.5. The Morgan fingerprint density at radius 1 is 1.43 bits per heavy atom. The molecule has 0 unspecified atom stereocenters. The number of hydrogen-bond acceptors (Lipinski definition) is 5. The number of rotatable bonds is 3. The number of benzene rings is 1. The molecule has 1 aliphatic heterocycles. The molecule has 1 aromatic carbocycles. The lowest BCUT2D eigenvalue weighted by Crippen LogP contribution is -2.37. The number of nitro benzene ring substituents is 1. The van der Waals surface area contributed by atoms with E-state index >= 15 is 0 Å². The molecule has 6 heteroatoms. The number of hydrogen-bond donors (Lipinski definition) is 1. The van der Waals surface area contributed by atoms with Gasteiger partial charge in [-0.3, -0.25) is 15.1 Å². The molecule has 1 saturated heterocycles. The SMILES string of the molecule is O=[N+]([O-])c1c(N2CCC[C@@H](CO)C2)ccc2ncccc12. The fourth-order valence-electron chi connectivity index (χ4n) is 3.01. The first-order valence-corrected chi connectivity index (χ1v) is 7.08. The Morgan fingerprint density at radius 2 is 2.29 bits per heavy atom. The second kappa shape index (κ2) is 5.65. The van der Waals surface area contributed by atoms with Crippen LogP contribution >= 0.6 is 0 Å². The van der Waals surface area contributed by atoms with Crippen molar-refractivity contribution in [1.29, 1.82) is 0 Å². The largest absolute Gasteiger partial charge is 0.396 e. The van der Waals surface area contributed by atoms with Crippen LogP contribution in [0.4, 0.5) is 11.4 Å². The molecule has 0 aliphatic carbocycles. The summed E-state index contributed by atoms with van der Waals surface area (Å²) < 4.78 is 0. The third-order valence-corrected chi connectivity index (χ3v) is 4.04. The lowest BCUT2D eigenvalue weighted by Gasteiger charge is -2.33. The van der Waals surface area contributed by atoms with E-state index in [2.05, 4.69) is 4.98 Å². The highest BCUT2D eigenvalue weighted by Crippen LogP contribution is 2.36. The minimum atomic E-state index is -0.331. The molecule has 1 aliphatic rings. The van der Waals surface area contributed by atoms with Gasteiger partial charge in [0.05, 0.1) is 15.8 Å². The Bertz CT molecular complexity index is 674. The van der Waals surface area contributed by atoms with Crippen LogP contribution < -0.4 is 4.90 Å². The summed E-state index contributed by atoms with van der Waals surface area (Å²) >= 11 is 0. The van der Waals surface area contributed by atoms with Crippen LogP contribution in [0.1, 0.15) is 12.8 Å². The van der Waals surface area contributed by atoms with Gasteiger partial charge in [0.15, 0.2) is 0 Å². The van der Waals surface area contributed by atoms with Gasteiger partial charge in [0.1, 0.15) is 5.69 Å². The minimum Gasteiger partial charge on any atom is -0.396 e. The highest BCUT2D eigenvalue weighted by atomic mass is 16.6. The summed E-state index contributed by atoms with van der Waals surface area (Å²) in [6.07, 6.45) is 3.54. The monoisotopic (exact) mass is 287 g/mol. The molecule has 110 valence electrons. The Balaban J connectivity index is 2.09. The predicted octanol–water partition coefficient (Wildman–Crippen LogP) is 2.35. The van der Waals surface area contributed by atoms with Crippen LogP contribution in [0, 0.1) is 16.0 Å². The molecule has 1 aromatic heterocycles. The van der Waals surface area contributed by atoms with Crippen LogP contribution in [0.2, 0.25) is 0 Å². The van der Waals surface area contributed by atoms with E-state index in [-0.39, 0.29) is 23.1 Å². The summed E-state index contributed by atoms with van der Waals surface area (Å²) in [7, 11) is 0. The van der Waals surface area contributed by atoms with E-state index in [1.807, 2.05) is 11.0 Å². The second-order valence-electron chi connectivity index (χ2n) is 5.40. The van der Waals surface area contributed by atoms with E-state index in [0.717, 1.165) is 19.4 Å². The third kappa shape index (κ3) is 2.54. The van der Waals surface area contributed by atoms with Gasteiger partial charge in [-0.15, -0.1) is 0 Å². The molecular formula is C15H17N3O3. The van der Waals surface area contributed by atoms with Gasteiger partial charge < -0.3 is 10.0 Å². The first-order chi connectivity index (χ1) is 10.2. The summed E-state index contributed by atoms with van der Waals surface area (Å²) in [6, 6.07) is 7.04. The van der Waals surface area contributed by atoms with Gasteiger partial charge >= 0.3 is 5.69 Å². The molecule has 1 N–H and O–H groups in total. The zero-order chi connectivity index (χ0) is 14.8. The predicted molar refractivity (Wildman–Crippen MR) is 80.4 cm³/mol. The van der Waals surface area contributed by atoms with Crippen LogP contribution in [-0.2, 0) is 0 Å². The number of anilines is 1. The number of aliphatic hydroxyl groups excluding tert-OH is 1. The molecule has 0 amide bonds. The average molecular weight is 287 g/mol. The number of piperidine rings is 1. The van der Waals surface area contributed by atoms with Crippen molar-refractivity contribution >= 4 is 22.3 Å². The van der Waals surface area contributed by atoms with Crippen LogP contribution in [0.15, 0.2) is 30.5 Å². The van der Waals surface area contributed by atoms with Crippen LogP contribution in [-0.4, -0.2) is 34.7 Å². The Labute approximate surface area is 122 Å². The molecule has 0 spiro atoms. The van der Waals surface area contributed by atoms with Gasteiger partial charge in [-0.25, -0.2) is 0 Å². The smallest absolute Gasteiger partial charge is 0.301 e. The molecule has 2 heterocycles. The maximum Gasteiger partial charge on any atom is 0.301 e. The minimum absolute atomic E-state index is 0.110. The van der Waals surface area contributed by atoms with Crippen molar-refractivity contribution in [1.82, 2.24) is 4.98 Å². The highest BCUT2D eigenvalue weighted by Gasteiger charge is 2.27. The fourth-order valence-corrected chi connectivity index (χ4v) is 3.01. The van der Waals surface area contributed by atoms with Crippen LogP contribution in [0.5, 0.6) is 0 Å². The highest BCUT2D eigenvalue weighted by molar-refractivity contribution is 5.94. The van der Waals surface area contributed by atoms with Crippen molar-refractivity contribution in [2.45, 2.75) is 12.8 Å². The Hall–Kier alpha value is -2.21. The number of aliphatic hydroxyl groups is 1. The lowest BCUT2D eigenvalue weighted by molar-refractivity contribution is -0.382. The van der Waals surface area contributed by atoms with E-state index < -0.39 is 0 Å². The summed E-state index contributed by atoms with van der Waals surface area (Å²) in [5.74, 6) is 0.183. The van der Waals surface area contributed by atoms with Gasteiger partial charge in [0.25, 0.3) is 0 Å². The van der Waals surface area contributed by atoms with E-state index in [9.17, 15) is 15.2 Å². The van der Waals surface area contributed by atoms with Gasteiger partial charge in [-0.05, 0) is 43.0 Å². The van der Waals surface area contributed by atoms with E-state index in [4.69, 9.17) is 0 Å². The third-order valence-electron chi connectivity index (χ3n) is 4.04. The lowest BCUT2D eigenvalue weighted by atomic mass is 9.98. The standard InChI is InChI=1S/C15H17N3O3/c19-10-11-3-2-8-17(9-11)14-6-5-13-12(4-1-7-16-13)15(14)18(20)21/h1,4-7,11,19H,2-3,8-10H2/t11-/m1/s1. The topological polar surface area (TPSA) is 79.5 Å². The van der Waals surface area contributed by atoms with Crippen LogP contribution in [0.25, 0.3) is 10.9 Å². The van der Waals surface area contributed by atoms with Crippen molar-refractivity contribution < 1.29 is 10.0 Å². The summed E-state index contributed by atoms with van der Waals surface area (Å²) in [5, 5.41) is 21.4. The number of aromatic nitrogens is 1. The van der Waals surface area contributed by atoms with E-state index in [0.29, 0.717) is 23.1 Å². The molecule has 3 rings (SSSR count). The van der Waals surface area contributed by atoms with E-state index in [1.165, 1.54) is 0 Å². The zero-order valence-corrected chi connectivity index (χ0v) is 11.6. The molecule has 21 heavy (non-hydrogen) atoms. The normalized spacial score (nSPS) is 18.9. The van der Waals surface area contributed by atoms with Crippen molar-refractivity contribution in [2.24, 2.45) is 5.92 Å². The quantitative estimate of drug-likeness (QED) is 0.692. The first-order valence-electron chi connectivity index (χ1n) is 7.08. The molecule has 2 aromatic rings. The van der Waals surface area contributed by atoms with Crippen molar-refractivity contribution in [3.63, 3.8) is 0 Å². The second-order valence-corrected chi connectivity index (χ2v) is 5.40. The molecule has 1 atom stereocenters. The summed E-state index contributed by atoms with van der Waals surface area (Å²) in [5.41, 5.74) is 1.36. The van der Waals surface area contributed by atoms with Gasteiger partial charge in [-0.1, -0.05) is 0 Å². The van der Waals surface area contributed by atoms with Gasteiger partial charge in [-0.2, -0.15) is 0 Å². The van der Waals surface area contributed by atoms with Crippen LogP contribution in [0.3, 0.4) is 0 Å². The molecule has 0 bridgehead atoms. The number of fused-ring (bicyclic) bond motifs is 1. The van der Waals surface area contributed by atoms with E-state index in [1.54, 1.807) is 24.4 Å². The van der Waals surface area contributed by atoms with Crippen molar-refractivity contribution in [3.05, 3.63) is 40.6 Å². The maximum atomic E-state index is 11.5. The number of nitrogens with zero attached hydrogens (tertiary/aromatic N) is 3. The average Bonchev–Trinajstić information content (AvgIpc) is 2.53. The molecule has 0 saturated carbocycles. The number of pyridine rings is 1.